The van der Waals surface area contributed by atoms with E-state index in [0.717, 1.165) is 18.2 Å². The number of hydrogen-bond acceptors (Lipinski definition) is 4. The Bertz CT molecular complexity index is 642. The third kappa shape index (κ3) is 2.78. The molecule has 110 valence electrons. The van der Waals surface area contributed by atoms with E-state index in [1.165, 1.54) is 0 Å². The molecule has 0 aromatic heterocycles. The van der Waals surface area contributed by atoms with E-state index in [9.17, 15) is 22.7 Å². The van der Waals surface area contributed by atoms with E-state index in [-0.39, 0.29) is 29.6 Å². The number of carboxylic acids is 1. The second-order valence-electron chi connectivity index (χ2n) is 4.37. The van der Waals surface area contributed by atoms with Crippen LogP contribution in [0, 0.1) is 5.82 Å². The zero-order valence-electron chi connectivity index (χ0n) is 10.1. The molecule has 1 saturated heterocycles. The van der Waals surface area contributed by atoms with Crippen molar-refractivity contribution in [3.8, 4) is 0 Å². The average molecular weight is 324 g/mol. The first-order valence-electron chi connectivity index (χ1n) is 5.57. The van der Waals surface area contributed by atoms with Crippen molar-refractivity contribution >= 4 is 27.6 Å². The summed E-state index contributed by atoms with van der Waals surface area (Å²) in [5, 5.41) is 8.82. The SMILES string of the molecule is O=C(O)C1(NS(=O)(=O)c2ccc(F)c(Cl)c2)CCOC1. The van der Waals surface area contributed by atoms with Gasteiger partial charge in [0.05, 0.1) is 16.5 Å². The predicted molar refractivity (Wildman–Crippen MR) is 67.5 cm³/mol. The van der Waals surface area contributed by atoms with Crippen LogP contribution in [0.25, 0.3) is 0 Å². The second kappa shape index (κ2) is 5.28. The lowest BCUT2D eigenvalue weighted by atomic mass is 10.0. The minimum absolute atomic E-state index is 0.0104. The second-order valence-corrected chi connectivity index (χ2v) is 6.46. The molecule has 1 heterocycles. The highest BCUT2D eigenvalue weighted by atomic mass is 35.5. The Balaban J connectivity index is 2.35. The average Bonchev–Trinajstić information content (AvgIpc) is 2.81. The third-order valence-corrected chi connectivity index (χ3v) is 4.79. The van der Waals surface area contributed by atoms with Crippen molar-refractivity contribution in [2.45, 2.75) is 16.9 Å². The lowest BCUT2D eigenvalue weighted by molar-refractivity contribution is -0.144. The first-order chi connectivity index (χ1) is 9.27. The van der Waals surface area contributed by atoms with Crippen LogP contribution in [0.5, 0.6) is 0 Å². The van der Waals surface area contributed by atoms with Crippen LogP contribution in [-0.2, 0) is 19.6 Å². The lowest BCUT2D eigenvalue weighted by Gasteiger charge is -2.23. The first kappa shape index (κ1) is 15.2. The van der Waals surface area contributed by atoms with E-state index in [0.29, 0.717) is 0 Å². The lowest BCUT2D eigenvalue weighted by Crippen LogP contribution is -2.54. The zero-order chi connectivity index (χ0) is 15.0. The summed E-state index contributed by atoms with van der Waals surface area (Å²) in [6.45, 7) is -0.129. The smallest absolute Gasteiger partial charge is 0.327 e. The molecule has 1 aliphatic heterocycles. The van der Waals surface area contributed by atoms with Crippen LogP contribution in [-0.4, -0.2) is 38.2 Å². The highest BCUT2D eigenvalue weighted by Crippen LogP contribution is 2.24. The van der Waals surface area contributed by atoms with Crippen molar-refractivity contribution in [3.05, 3.63) is 29.0 Å². The van der Waals surface area contributed by atoms with Gasteiger partial charge in [-0.25, -0.2) is 12.8 Å². The number of aliphatic carboxylic acids is 1. The van der Waals surface area contributed by atoms with Crippen LogP contribution < -0.4 is 4.72 Å². The minimum Gasteiger partial charge on any atom is -0.480 e. The highest BCUT2D eigenvalue weighted by Gasteiger charge is 2.46. The molecule has 9 heteroatoms. The van der Waals surface area contributed by atoms with Gasteiger partial charge in [-0.2, -0.15) is 4.72 Å². The molecule has 6 nitrogen and oxygen atoms in total. The van der Waals surface area contributed by atoms with Crippen molar-refractivity contribution < 1.29 is 27.4 Å². The van der Waals surface area contributed by atoms with Gasteiger partial charge in [0.1, 0.15) is 5.82 Å². The first-order valence-corrected chi connectivity index (χ1v) is 7.43. The largest absolute Gasteiger partial charge is 0.480 e. The number of hydrogen-bond donors (Lipinski definition) is 2. The molecular formula is C11H11ClFNO5S. The van der Waals surface area contributed by atoms with Gasteiger partial charge in [-0.3, -0.25) is 4.79 Å². The number of carboxylic acid groups (broad SMARTS) is 1. The molecule has 2 rings (SSSR count). The van der Waals surface area contributed by atoms with E-state index < -0.39 is 27.3 Å². The number of sulfonamides is 1. The molecule has 20 heavy (non-hydrogen) atoms. The minimum atomic E-state index is -4.15. The summed E-state index contributed by atoms with van der Waals surface area (Å²) in [4.78, 5) is 11.0. The van der Waals surface area contributed by atoms with Crippen LogP contribution in [0.15, 0.2) is 23.1 Å². The molecule has 1 aromatic carbocycles. The molecule has 2 N–H and O–H groups in total. The number of ether oxygens (including phenoxy) is 1. The molecule has 0 saturated carbocycles. The van der Waals surface area contributed by atoms with Crippen LogP contribution >= 0.6 is 11.6 Å². The van der Waals surface area contributed by atoms with Crippen LogP contribution in [0.1, 0.15) is 6.42 Å². The Morgan fingerprint density at radius 3 is 2.70 bits per heavy atom. The highest BCUT2D eigenvalue weighted by molar-refractivity contribution is 7.89. The monoisotopic (exact) mass is 323 g/mol. The number of benzene rings is 1. The van der Waals surface area contributed by atoms with Crippen molar-refractivity contribution in [2.75, 3.05) is 13.2 Å². The topological polar surface area (TPSA) is 92.7 Å². The van der Waals surface area contributed by atoms with E-state index >= 15 is 0 Å². The van der Waals surface area contributed by atoms with Crippen molar-refractivity contribution in [1.29, 1.82) is 0 Å². The van der Waals surface area contributed by atoms with Crippen LogP contribution in [0.2, 0.25) is 5.02 Å². The maximum atomic E-state index is 13.0. The fraction of sp³-hybridized carbons (Fsp3) is 0.364. The fourth-order valence-electron chi connectivity index (χ4n) is 1.82. The molecule has 0 bridgehead atoms. The summed E-state index contributed by atoms with van der Waals surface area (Å²) in [6, 6.07) is 2.83. The van der Waals surface area contributed by atoms with Gasteiger partial charge in [-0.15, -0.1) is 0 Å². The summed E-state index contributed by atoms with van der Waals surface area (Å²) in [7, 11) is -4.15. The van der Waals surface area contributed by atoms with E-state index in [2.05, 4.69) is 4.72 Å². The summed E-state index contributed by atoms with van der Waals surface area (Å²) in [5.41, 5.74) is -1.71. The van der Waals surface area contributed by atoms with Gasteiger partial charge < -0.3 is 9.84 Å². The Kier molecular flexibility index (Phi) is 4.01. The summed E-state index contributed by atoms with van der Waals surface area (Å²) in [6.07, 6.45) is 0.0104. The fourth-order valence-corrected chi connectivity index (χ4v) is 3.46. The molecule has 1 aromatic rings. The van der Waals surface area contributed by atoms with E-state index in [1.807, 2.05) is 0 Å². The number of nitrogens with one attached hydrogen (secondary N) is 1. The number of carbonyl (C=O) groups is 1. The van der Waals surface area contributed by atoms with Gasteiger partial charge >= 0.3 is 5.97 Å². The molecule has 0 radical (unpaired) electrons. The Hall–Kier alpha value is -1.22. The molecule has 1 fully saturated rings. The molecule has 0 aliphatic carbocycles. The molecule has 1 unspecified atom stereocenters. The summed E-state index contributed by atoms with van der Waals surface area (Å²) in [5.74, 6) is -2.09. The van der Waals surface area contributed by atoms with E-state index in [1.54, 1.807) is 0 Å². The quantitative estimate of drug-likeness (QED) is 0.862. The van der Waals surface area contributed by atoms with Gasteiger partial charge in [-0.05, 0) is 18.2 Å². The molecule has 1 atom stereocenters. The van der Waals surface area contributed by atoms with Gasteiger partial charge in [-0.1, -0.05) is 11.6 Å². The number of halogens is 2. The van der Waals surface area contributed by atoms with Gasteiger partial charge in [0.15, 0.2) is 5.54 Å². The zero-order valence-corrected chi connectivity index (χ0v) is 11.7. The van der Waals surface area contributed by atoms with Crippen LogP contribution in [0.4, 0.5) is 4.39 Å². The van der Waals surface area contributed by atoms with E-state index in [4.69, 9.17) is 16.3 Å². The standard InChI is InChI=1S/C11H11ClFNO5S/c12-8-5-7(1-2-9(8)13)20(17,18)14-11(10(15)16)3-4-19-6-11/h1-2,5,14H,3-4,6H2,(H,15,16). The molecule has 0 spiro atoms. The maximum Gasteiger partial charge on any atom is 0.327 e. The normalized spacial score (nSPS) is 22.9. The molecular weight excluding hydrogens is 313 g/mol. The Morgan fingerprint density at radius 2 is 2.20 bits per heavy atom. The van der Waals surface area contributed by atoms with Gasteiger partial charge in [0, 0.05) is 13.0 Å². The summed E-state index contributed by atoms with van der Waals surface area (Å²) >= 11 is 5.53. The van der Waals surface area contributed by atoms with Gasteiger partial charge in [0.25, 0.3) is 0 Å². The van der Waals surface area contributed by atoms with Crippen molar-refractivity contribution in [2.24, 2.45) is 0 Å². The third-order valence-electron chi connectivity index (χ3n) is 2.96. The number of rotatable bonds is 4. The van der Waals surface area contributed by atoms with Gasteiger partial charge in [0.2, 0.25) is 10.0 Å². The van der Waals surface area contributed by atoms with Crippen molar-refractivity contribution in [3.63, 3.8) is 0 Å². The van der Waals surface area contributed by atoms with Crippen LogP contribution in [0.3, 0.4) is 0 Å². The Morgan fingerprint density at radius 1 is 1.50 bits per heavy atom. The summed E-state index contributed by atoms with van der Waals surface area (Å²) < 4.78 is 44.4. The Labute approximate surface area is 119 Å². The van der Waals surface area contributed by atoms with Crippen molar-refractivity contribution in [1.82, 2.24) is 4.72 Å². The molecule has 1 aliphatic rings. The predicted octanol–water partition coefficient (Wildman–Crippen LogP) is 1.00. The molecule has 0 amide bonds. The maximum absolute atomic E-state index is 13.0.